The lowest BCUT2D eigenvalue weighted by atomic mass is 9.99. The van der Waals surface area contributed by atoms with Crippen LogP contribution in [0.1, 0.15) is 27.9 Å². The van der Waals surface area contributed by atoms with Gasteiger partial charge in [0.15, 0.2) is 11.5 Å². The van der Waals surface area contributed by atoms with E-state index < -0.39 is 23.5 Å². The molecule has 154 valence electrons. The molecular formula is C23H15BrN2O5. The highest BCUT2D eigenvalue weighted by molar-refractivity contribution is 9.10. The zero-order valence-corrected chi connectivity index (χ0v) is 17.6. The number of benzene rings is 1. The Morgan fingerprint density at radius 1 is 1.19 bits per heavy atom. The van der Waals surface area contributed by atoms with E-state index in [1.54, 1.807) is 48.8 Å². The summed E-state index contributed by atoms with van der Waals surface area (Å²) in [4.78, 5) is 31.8. The number of aromatic nitrogens is 1. The number of aliphatic hydroxyl groups excluding tert-OH is 1. The van der Waals surface area contributed by atoms with E-state index in [1.165, 1.54) is 11.2 Å². The molecule has 31 heavy (non-hydrogen) atoms. The fourth-order valence-corrected chi connectivity index (χ4v) is 4.12. The molecule has 1 aliphatic rings. The number of aliphatic hydroxyl groups is 1. The Labute approximate surface area is 184 Å². The van der Waals surface area contributed by atoms with Gasteiger partial charge in [0.2, 0.25) is 5.78 Å². The van der Waals surface area contributed by atoms with Crippen molar-refractivity contribution in [2.24, 2.45) is 0 Å². The van der Waals surface area contributed by atoms with Gasteiger partial charge in [-0.15, -0.1) is 0 Å². The third-order valence-corrected chi connectivity index (χ3v) is 5.63. The minimum absolute atomic E-state index is 0.0298. The van der Waals surface area contributed by atoms with E-state index in [-0.39, 0.29) is 17.9 Å². The van der Waals surface area contributed by atoms with Gasteiger partial charge < -0.3 is 18.8 Å². The van der Waals surface area contributed by atoms with Gasteiger partial charge in [0.05, 0.1) is 11.8 Å². The van der Waals surface area contributed by atoms with Crippen LogP contribution in [-0.2, 0) is 11.3 Å². The van der Waals surface area contributed by atoms with Gasteiger partial charge in [0.1, 0.15) is 17.4 Å². The number of rotatable bonds is 5. The molecule has 0 spiro atoms. The summed E-state index contributed by atoms with van der Waals surface area (Å²) < 4.78 is 12.1. The van der Waals surface area contributed by atoms with Crippen molar-refractivity contribution in [1.29, 1.82) is 0 Å². The predicted octanol–water partition coefficient (Wildman–Crippen LogP) is 4.96. The molecule has 0 fully saturated rings. The Morgan fingerprint density at radius 2 is 2.06 bits per heavy atom. The van der Waals surface area contributed by atoms with E-state index in [0.29, 0.717) is 11.3 Å². The van der Waals surface area contributed by atoms with Crippen LogP contribution >= 0.6 is 15.9 Å². The lowest BCUT2D eigenvalue weighted by Crippen LogP contribution is -2.30. The first-order chi connectivity index (χ1) is 15.0. The van der Waals surface area contributed by atoms with Crippen molar-refractivity contribution in [3.05, 3.63) is 100 Å². The Balaban J connectivity index is 1.58. The van der Waals surface area contributed by atoms with Crippen LogP contribution < -0.4 is 0 Å². The van der Waals surface area contributed by atoms with Crippen LogP contribution in [0.3, 0.4) is 0 Å². The van der Waals surface area contributed by atoms with Gasteiger partial charge in [0, 0.05) is 28.8 Å². The second kappa shape index (κ2) is 7.55. The van der Waals surface area contributed by atoms with E-state index in [1.807, 2.05) is 12.1 Å². The molecule has 5 rings (SSSR count). The van der Waals surface area contributed by atoms with Crippen LogP contribution in [0.5, 0.6) is 0 Å². The second-order valence-corrected chi connectivity index (χ2v) is 8.01. The van der Waals surface area contributed by atoms with Crippen LogP contribution in [0.4, 0.5) is 0 Å². The average molecular weight is 479 g/mol. The first-order valence-corrected chi connectivity index (χ1v) is 10.2. The summed E-state index contributed by atoms with van der Waals surface area (Å²) in [6, 6.07) is 13.0. The van der Waals surface area contributed by atoms with Crippen molar-refractivity contribution in [1.82, 2.24) is 9.88 Å². The number of furan rings is 2. The minimum atomic E-state index is -0.893. The van der Waals surface area contributed by atoms with E-state index in [2.05, 4.69) is 20.9 Å². The summed E-state index contributed by atoms with van der Waals surface area (Å²) in [6.07, 6.45) is 4.71. The zero-order chi connectivity index (χ0) is 21.5. The van der Waals surface area contributed by atoms with Gasteiger partial charge in [-0.3, -0.25) is 14.6 Å². The van der Waals surface area contributed by atoms with Gasteiger partial charge >= 0.3 is 0 Å². The topological polar surface area (TPSA) is 96.8 Å². The molecule has 0 aliphatic carbocycles. The molecule has 8 heteroatoms. The normalized spacial score (nSPS) is 16.5. The highest BCUT2D eigenvalue weighted by Gasteiger charge is 2.45. The standard InChI is InChI=1S/C23H15BrN2O5/c24-15-5-6-16-14(9-15)10-18(31-16)21(27)19-20(17-4-2-8-30-17)26(23(29)22(19)28)12-13-3-1-7-25-11-13/h1-11,20,28H,12H2. The lowest BCUT2D eigenvalue weighted by Gasteiger charge is -2.24. The third-order valence-electron chi connectivity index (χ3n) is 5.14. The summed E-state index contributed by atoms with van der Waals surface area (Å²) in [5.41, 5.74) is 1.20. The first kappa shape index (κ1) is 19.3. The first-order valence-electron chi connectivity index (χ1n) is 9.43. The van der Waals surface area contributed by atoms with Crippen molar-refractivity contribution in [3.8, 4) is 0 Å². The number of hydrogen-bond acceptors (Lipinski definition) is 6. The van der Waals surface area contributed by atoms with Gasteiger partial charge in [-0.05, 0) is 48.0 Å². The maximum Gasteiger partial charge on any atom is 0.290 e. The van der Waals surface area contributed by atoms with Crippen molar-refractivity contribution in [2.75, 3.05) is 0 Å². The molecule has 0 radical (unpaired) electrons. The van der Waals surface area contributed by atoms with Crippen LogP contribution in [0.25, 0.3) is 11.0 Å². The molecule has 1 N–H and O–H groups in total. The largest absolute Gasteiger partial charge is 0.503 e. The van der Waals surface area contributed by atoms with Crippen molar-refractivity contribution < 1.29 is 23.5 Å². The van der Waals surface area contributed by atoms with Crippen LogP contribution in [0.2, 0.25) is 0 Å². The molecule has 0 saturated carbocycles. The lowest BCUT2D eigenvalue weighted by molar-refractivity contribution is -0.130. The number of ketones is 1. The molecule has 1 aliphatic heterocycles. The third kappa shape index (κ3) is 3.34. The summed E-state index contributed by atoms with van der Waals surface area (Å²) in [7, 11) is 0. The number of carbonyl (C=O) groups is 2. The maximum absolute atomic E-state index is 13.4. The number of carbonyl (C=O) groups excluding carboxylic acids is 2. The number of fused-ring (bicyclic) bond motifs is 1. The van der Waals surface area contributed by atoms with Gasteiger partial charge in [-0.2, -0.15) is 0 Å². The smallest absolute Gasteiger partial charge is 0.290 e. The van der Waals surface area contributed by atoms with Crippen LogP contribution in [0.15, 0.2) is 91.8 Å². The van der Waals surface area contributed by atoms with E-state index in [4.69, 9.17) is 8.83 Å². The SMILES string of the molecule is O=C(C1=C(O)C(=O)N(Cc2cccnc2)C1c1ccco1)c1cc2cc(Br)ccc2o1. The molecule has 0 bridgehead atoms. The zero-order valence-electron chi connectivity index (χ0n) is 16.0. The maximum atomic E-state index is 13.4. The fraction of sp³-hybridized carbons (Fsp3) is 0.0870. The summed E-state index contributed by atoms with van der Waals surface area (Å²) in [6.45, 7) is 0.145. The number of nitrogens with zero attached hydrogens (tertiary/aromatic N) is 2. The molecule has 4 aromatic rings. The number of amides is 1. The Hall–Kier alpha value is -3.65. The van der Waals surface area contributed by atoms with Crippen LogP contribution in [-0.4, -0.2) is 26.7 Å². The van der Waals surface area contributed by atoms with Crippen molar-refractivity contribution in [2.45, 2.75) is 12.6 Å². The molecule has 3 aromatic heterocycles. The highest BCUT2D eigenvalue weighted by atomic mass is 79.9. The van der Waals surface area contributed by atoms with Crippen molar-refractivity contribution >= 4 is 38.6 Å². The van der Waals surface area contributed by atoms with Gasteiger partial charge in [-0.25, -0.2) is 0 Å². The molecule has 1 aromatic carbocycles. The summed E-state index contributed by atoms with van der Waals surface area (Å²) in [5.74, 6) is -1.46. The fourth-order valence-electron chi connectivity index (χ4n) is 3.74. The monoisotopic (exact) mass is 478 g/mol. The Bertz CT molecular complexity index is 1320. The number of halogens is 1. The summed E-state index contributed by atoms with van der Waals surface area (Å²) in [5, 5.41) is 11.4. The molecule has 1 amide bonds. The second-order valence-electron chi connectivity index (χ2n) is 7.10. The number of hydrogen-bond donors (Lipinski definition) is 1. The summed E-state index contributed by atoms with van der Waals surface area (Å²) >= 11 is 3.39. The predicted molar refractivity (Wildman–Crippen MR) is 114 cm³/mol. The van der Waals surface area contributed by atoms with Gasteiger partial charge in [-0.1, -0.05) is 22.0 Å². The molecule has 7 nitrogen and oxygen atoms in total. The highest BCUT2D eigenvalue weighted by Crippen LogP contribution is 2.40. The number of Topliss-reactive ketones (excluding diaryl/α,β-unsaturated/α-hetero) is 1. The molecule has 0 saturated heterocycles. The molecule has 4 heterocycles. The number of pyridine rings is 1. The minimum Gasteiger partial charge on any atom is -0.503 e. The van der Waals surface area contributed by atoms with E-state index >= 15 is 0 Å². The Morgan fingerprint density at radius 3 is 2.81 bits per heavy atom. The molecular weight excluding hydrogens is 464 g/mol. The Kier molecular flexibility index (Phi) is 4.71. The molecule has 1 unspecified atom stereocenters. The van der Waals surface area contributed by atoms with Gasteiger partial charge in [0.25, 0.3) is 5.91 Å². The average Bonchev–Trinajstić information content (AvgIpc) is 3.49. The van der Waals surface area contributed by atoms with E-state index in [9.17, 15) is 14.7 Å². The molecule has 1 atom stereocenters. The van der Waals surface area contributed by atoms with Crippen molar-refractivity contribution in [3.63, 3.8) is 0 Å². The van der Waals surface area contributed by atoms with E-state index in [0.717, 1.165) is 15.4 Å². The van der Waals surface area contributed by atoms with Crippen LogP contribution in [0, 0.1) is 0 Å². The quantitative estimate of drug-likeness (QED) is 0.407.